The fourth-order valence-electron chi connectivity index (χ4n) is 3.88. The molecule has 2 aromatic rings. The third-order valence-electron chi connectivity index (χ3n) is 5.61. The van der Waals surface area contributed by atoms with Crippen molar-refractivity contribution in [3.8, 4) is 0 Å². The summed E-state index contributed by atoms with van der Waals surface area (Å²) in [4.78, 5) is 26.5. The Balaban J connectivity index is 1.73. The molecule has 1 amide bonds. The molecule has 0 spiro atoms. The zero-order valence-electron chi connectivity index (χ0n) is 16.1. The maximum absolute atomic E-state index is 12.8. The van der Waals surface area contributed by atoms with Crippen LogP contribution in [0.1, 0.15) is 42.2 Å². The first kappa shape index (κ1) is 20.1. The van der Waals surface area contributed by atoms with E-state index in [1.807, 2.05) is 37.3 Å². The SMILES string of the molecule is CCn1ccc(C(=O)N2CC[C@@H](O)[C@](CCCc3ccccc3)(C(=O)O)C2)n1. The Morgan fingerprint density at radius 2 is 2.00 bits per heavy atom. The zero-order valence-corrected chi connectivity index (χ0v) is 16.1. The Labute approximate surface area is 164 Å². The molecule has 1 saturated heterocycles. The number of aliphatic hydroxyl groups excluding tert-OH is 1. The van der Waals surface area contributed by atoms with Gasteiger partial charge >= 0.3 is 5.97 Å². The van der Waals surface area contributed by atoms with Gasteiger partial charge in [-0.1, -0.05) is 30.3 Å². The van der Waals surface area contributed by atoms with Crippen molar-refractivity contribution in [2.75, 3.05) is 13.1 Å². The van der Waals surface area contributed by atoms with E-state index in [9.17, 15) is 19.8 Å². The lowest BCUT2D eigenvalue weighted by Gasteiger charge is -2.43. The molecule has 1 fully saturated rings. The van der Waals surface area contributed by atoms with Crippen LogP contribution in [0.15, 0.2) is 42.6 Å². The molecule has 0 unspecified atom stereocenters. The first-order valence-electron chi connectivity index (χ1n) is 9.74. The highest BCUT2D eigenvalue weighted by Crippen LogP contribution is 2.36. The number of carboxylic acids is 1. The maximum atomic E-state index is 12.8. The van der Waals surface area contributed by atoms with Gasteiger partial charge in [0.25, 0.3) is 5.91 Å². The third kappa shape index (κ3) is 4.09. The number of amides is 1. The number of benzene rings is 1. The minimum atomic E-state index is -1.35. The Morgan fingerprint density at radius 3 is 2.64 bits per heavy atom. The average molecular weight is 385 g/mol. The lowest BCUT2D eigenvalue weighted by Crippen LogP contribution is -2.57. The Hall–Kier alpha value is -2.67. The predicted molar refractivity (Wildman–Crippen MR) is 104 cm³/mol. The van der Waals surface area contributed by atoms with Crippen LogP contribution in [0, 0.1) is 5.41 Å². The van der Waals surface area contributed by atoms with E-state index < -0.39 is 17.5 Å². The number of piperidine rings is 1. The van der Waals surface area contributed by atoms with Crippen LogP contribution >= 0.6 is 0 Å². The molecule has 0 radical (unpaired) electrons. The van der Waals surface area contributed by atoms with E-state index in [1.54, 1.807) is 16.9 Å². The molecule has 1 aromatic heterocycles. The number of aliphatic carboxylic acids is 1. The molecule has 0 bridgehead atoms. The normalized spacial score (nSPS) is 22.2. The number of hydrogen-bond acceptors (Lipinski definition) is 4. The monoisotopic (exact) mass is 385 g/mol. The summed E-state index contributed by atoms with van der Waals surface area (Å²) in [6, 6.07) is 11.5. The number of carboxylic acid groups (broad SMARTS) is 1. The summed E-state index contributed by atoms with van der Waals surface area (Å²) in [5.74, 6) is -1.34. The second kappa shape index (κ2) is 8.56. The Morgan fingerprint density at radius 1 is 1.25 bits per heavy atom. The second-order valence-corrected chi connectivity index (χ2v) is 7.39. The van der Waals surface area contributed by atoms with Gasteiger partial charge in [0.1, 0.15) is 11.1 Å². The van der Waals surface area contributed by atoms with Gasteiger partial charge in [-0.25, -0.2) is 0 Å². The fraction of sp³-hybridized carbons (Fsp3) is 0.476. The van der Waals surface area contributed by atoms with Crippen molar-refractivity contribution in [1.82, 2.24) is 14.7 Å². The van der Waals surface area contributed by atoms with Crippen molar-refractivity contribution in [3.63, 3.8) is 0 Å². The summed E-state index contributed by atoms with van der Waals surface area (Å²) in [7, 11) is 0. The van der Waals surface area contributed by atoms with Crippen molar-refractivity contribution >= 4 is 11.9 Å². The number of hydrogen-bond donors (Lipinski definition) is 2. The van der Waals surface area contributed by atoms with Crippen LogP contribution in [-0.4, -0.2) is 56.0 Å². The smallest absolute Gasteiger partial charge is 0.314 e. The van der Waals surface area contributed by atoms with Gasteiger partial charge in [0.15, 0.2) is 0 Å². The number of carbonyl (C=O) groups is 2. The highest BCUT2D eigenvalue weighted by Gasteiger charge is 2.49. The molecule has 2 N–H and O–H groups in total. The molecule has 0 aliphatic carbocycles. The van der Waals surface area contributed by atoms with Gasteiger partial charge in [0.05, 0.1) is 6.10 Å². The molecule has 150 valence electrons. The molecule has 2 heterocycles. The second-order valence-electron chi connectivity index (χ2n) is 7.39. The van der Waals surface area contributed by atoms with Crippen LogP contribution in [0.5, 0.6) is 0 Å². The van der Waals surface area contributed by atoms with E-state index in [2.05, 4.69) is 5.10 Å². The van der Waals surface area contributed by atoms with Crippen LogP contribution in [0.4, 0.5) is 0 Å². The van der Waals surface area contributed by atoms with Gasteiger partial charge in [-0.2, -0.15) is 5.10 Å². The number of aryl methyl sites for hydroxylation is 2. The molecular weight excluding hydrogens is 358 g/mol. The van der Waals surface area contributed by atoms with Crippen molar-refractivity contribution in [1.29, 1.82) is 0 Å². The van der Waals surface area contributed by atoms with E-state index in [1.165, 1.54) is 4.90 Å². The molecule has 7 heteroatoms. The minimum absolute atomic E-state index is 0.00386. The van der Waals surface area contributed by atoms with Gasteiger partial charge in [-0.05, 0) is 44.2 Å². The quantitative estimate of drug-likeness (QED) is 0.762. The molecular formula is C21H27N3O4. The van der Waals surface area contributed by atoms with E-state index in [0.29, 0.717) is 31.6 Å². The molecule has 0 saturated carbocycles. The first-order valence-corrected chi connectivity index (χ1v) is 9.74. The summed E-state index contributed by atoms with van der Waals surface area (Å²) in [5.41, 5.74) is 0.0870. The average Bonchev–Trinajstić information content (AvgIpc) is 3.19. The van der Waals surface area contributed by atoms with Gasteiger partial charge in [0, 0.05) is 25.8 Å². The van der Waals surface area contributed by atoms with E-state index in [-0.39, 0.29) is 18.9 Å². The molecule has 1 aliphatic rings. The lowest BCUT2D eigenvalue weighted by atomic mass is 9.73. The summed E-state index contributed by atoms with van der Waals surface area (Å²) < 4.78 is 1.66. The largest absolute Gasteiger partial charge is 0.481 e. The highest BCUT2D eigenvalue weighted by atomic mass is 16.4. The minimum Gasteiger partial charge on any atom is -0.481 e. The Kier molecular flexibility index (Phi) is 6.14. The van der Waals surface area contributed by atoms with E-state index in [0.717, 1.165) is 12.0 Å². The topological polar surface area (TPSA) is 95.7 Å². The summed E-state index contributed by atoms with van der Waals surface area (Å²) >= 11 is 0. The summed E-state index contributed by atoms with van der Waals surface area (Å²) in [6.07, 6.45) is 2.68. The summed E-state index contributed by atoms with van der Waals surface area (Å²) in [5, 5.41) is 24.7. The molecule has 1 aromatic carbocycles. The van der Waals surface area contributed by atoms with Crippen molar-refractivity contribution in [2.24, 2.45) is 5.41 Å². The molecule has 1 aliphatic heterocycles. The zero-order chi connectivity index (χ0) is 20.1. The molecule has 28 heavy (non-hydrogen) atoms. The third-order valence-corrected chi connectivity index (χ3v) is 5.61. The van der Waals surface area contributed by atoms with Crippen LogP contribution in [0.2, 0.25) is 0 Å². The number of nitrogens with zero attached hydrogens (tertiary/aromatic N) is 3. The van der Waals surface area contributed by atoms with E-state index in [4.69, 9.17) is 0 Å². The van der Waals surface area contributed by atoms with Crippen molar-refractivity contribution in [3.05, 3.63) is 53.9 Å². The molecule has 7 nitrogen and oxygen atoms in total. The maximum Gasteiger partial charge on any atom is 0.314 e. The van der Waals surface area contributed by atoms with Crippen molar-refractivity contribution in [2.45, 2.75) is 45.3 Å². The number of rotatable bonds is 7. The van der Waals surface area contributed by atoms with Gasteiger partial charge in [-0.15, -0.1) is 0 Å². The lowest BCUT2D eigenvalue weighted by molar-refractivity contribution is -0.162. The molecule has 2 atom stereocenters. The highest BCUT2D eigenvalue weighted by molar-refractivity contribution is 5.93. The van der Waals surface area contributed by atoms with Crippen molar-refractivity contribution < 1.29 is 19.8 Å². The number of aliphatic hydroxyl groups is 1. The van der Waals surface area contributed by atoms with E-state index >= 15 is 0 Å². The van der Waals surface area contributed by atoms with Crippen LogP contribution in [0.25, 0.3) is 0 Å². The Bertz CT molecular complexity index is 820. The first-order chi connectivity index (χ1) is 13.5. The van der Waals surface area contributed by atoms with Crippen LogP contribution in [0.3, 0.4) is 0 Å². The summed E-state index contributed by atoms with van der Waals surface area (Å²) in [6.45, 7) is 2.91. The van der Waals surface area contributed by atoms with Gasteiger partial charge in [0.2, 0.25) is 0 Å². The van der Waals surface area contributed by atoms with Crippen LogP contribution in [-0.2, 0) is 17.8 Å². The van der Waals surface area contributed by atoms with Gasteiger partial charge < -0.3 is 15.1 Å². The van der Waals surface area contributed by atoms with Crippen LogP contribution < -0.4 is 0 Å². The fourth-order valence-corrected chi connectivity index (χ4v) is 3.88. The number of carbonyl (C=O) groups excluding carboxylic acids is 1. The number of likely N-dealkylation sites (tertiary alicyclic amines) is 1. The predicted octanol–water partition coefficient (Wildman–Crippen LogP) is 2.20. The standard InChI is InChI=1S/C21H27N3O4/c1-2-24-14-10-17(22-24)19(26)23-13-11-18(25)21(15-23,20(27)28)12-6-9-16-7-4-3-5-8-16/h3-5,7-8,10,14,18,25H,2,6,9,11-13,15H2,1H3,(H,27,28)/t18-,21-/m1/s1. The number of aromatic nitrogens is 2. The molecule has 3 rings (SSSR count). The van der Waals surface area contributed by atoms with Gasteiger partial charge in [-0.3, -0.25) is 14.3 Å².